The number of ether oxygens (including phenoxy) is 1. The Bertz CT molecular complexity index is 657. The summed E-state index contributed by atoms with van der Waals surface area (Å²) in [6, 6.07) is 7.79. The maximum Gasteiger partial charge on any atom is 0.255 e. The van der Waals surface area contributed by atoms with Gasteiger partial charge < -0.3 is 15.2 Å². The van der Waals surface area contributed by atoms with Gasteiger partial charge >= 0.3 is 0 Å². The molecule has 0 aliphatic rings. The van der Waals surface area contributed by atoms with Crippen molar-refractivity contribution in [3.05, 3.63) is 51.8 Å². The molecule has 0 atom stereocenters. The number of benzene rings is 1. The van der Waals surface area contributed by atoms with Gasteiger partial charge in [-0.25, -0.2) is 4.98 Å². The van der Waals surface area contributed by atoms with E-state index < -0.39 is 0 Å². The van der Waals surface area contributed by atoms with Crippen LogP contribution < -0.4 is 10.1 Å². The number of nitrogens with zero attached hydrogens (tertiary/aromatic N) is 1. The summed E-state index contributed by atoms with van der Waals surface area (Å²) < 4.78 is 5.10. The van der Waals surface area contributed by atoms with E-state index in [4.69, 9.17) is 27.9 Å². The second-order valence-corrected chi connectivity index (χ2v) is 4.91. The summed E-state index contributed by atoms with van der Waals surface area (Å²) in [5, 5.41) is 12.2. The lowest BCUT2D eigenvalue weighted by Gasteiger charge is -2.10. The van der Waals surface area contributed by atoms with Crippen LogP contribution in [-0.2, 0) is 6.61 Å². The van der Waals surface area contributed by atoms with Crippen LogP contribution in [0.1, 0.15) is 15.9 Å². The first-order valence-corrected chi connectivity index (χ1v) is 6.71. The molecule has 0 fully saturated rings. The van der Waals surface area contributed by atoms with Crippen molar-refractivity contribution >= 4 is 34.8 Å². The standard InChI is InChI=1S/C14H12Cl2N2O3/c1-21-11-3-2-10(4-9(11)7-19)17-14(20)8-5-12(15)18-13(16)6-8/h2-6,19H,7H2,1H3,(H,17,20). The number of hydrogen-bond acceptors (Lipinski definition) is 4. The number of aliphatic hydroxyl groups is 1. The Hall–Kier alpha value is -1.82. The molecule has 7 heteroatoms. The molecule has 0 saturated carbocycles. The van der Waals surface area contributed by atoms with Crippen LogP contribution in [0.4, 0.5) is 5.69 Å². The lowest BCUT2D eigenvalue weighted by molar-refractivity contribution is 0.102. The monoisotopic (exact) mass is 326 g/mol. The first kappa shape index (κ1) is 15.6. The third-order valence-electron chi connectivity index (χ3n) is 2.73. The lowest BCUT2D eigenvalue weighted by Crippen LogP contribution is -2.12. The number of pyridine rings is 1. The predicted octanol–water partition coefficient (Wildman–Crippen LogP) is 3.14. The zero-order valence-electron chi connectivity index (χ0n) is 11.1. The van der Waals surface area contributed by atoms with Gasteiger partial charge in [-0.3, -0.25) is 4.79 Å². The molecule has 110 valence electrons. The van der Waals surface area contributed by atoms with Gasteiger partial charge in [-0.15, -0.1) is 0 Å². The van der Waals surface area contributed by atoms with Gasteiger partial charge in [0.25, 0.3) is 5.91 Å². The molecule has 0 radical (unpaired) electrons. The molecule has 0 spiro atoms. The number of halogens is 2. The maximum absolute atomic E-state index is 12.1. The van der Waals surface area contributed by atoms with Crippen molar-refractivity contribution in [2.45, 2.75) is 6.61 Å². The molecule has 1 heterocycles. The lowest BCUT2D eigenvalue weighted by atomic mass is 10.1. The molecule has 0 aliphatic carbocycles. The minimum atomic E-state index is -0.379. The molecule has 0 bridgehead atoms. The Morgan fingerprint density at radius 1 is 1.29 bits per heavy atom. The number of carbonyl (C=O) groups excluding carboxylic acids is 1. The van der Waals surface area contributed by atoms with Crippen LogP contribution in [0.15, 0.2) is 30.3 Å². The van der Waals surface area contributed by atoms with Gasteiger partial charge in [-0.05, 0) is 30.3 Å². The minimum Gasteiger partial charge on any atom is -0.496 e. The third-order valence-corrected chi connectivity index (χ3v) is 3.12. The number of rotatable bonds is 4. The maximum atomic E-state index is 12.1. The van der Waals surface area contributed by atoms with E-state index in [9.17, 15) is 9.90 Å². The number of amides is 1. The number of methoxy groups -OCH3 is 1. The number of aliphatic hydroxyl groups excluding tert-OH is 1. The van der Waals surface area contributed by atoms with Crippen LogP contribution in [0.3, 0.4) is 0 Å². The number of nitrogens with one attached hydrogen (secondary N) is 1. The first-order chi connectivity index (χ1) is 10.0. The van der Waals surface area contributed by atoms with Crippen LogP contribution in [0.5, 0.6) is 5.75 Å². The average molecular weight is 327 g/mol. The number of anilines is 1. The molecule has 0 unspecified atom stereocenters. The largest absolute Gasteiger partial charge is 0.496 e. The van der Waals surface area contributed by atoms with E-state index in [1.54, 1.807) is 18.2 Å². The van der Waals surface area contributed by atoms with E-state index in [0.717, 1.165) is 0 Å². The Kier molecular flexibility index (Phi) is 5.01. The van der Waals surface area contributed by atoms with Crippen LogP contribution >= 0.6 is 23.2 Å². The SMILES string of the molecule is COc1ccc(NC(=O)c2cc(Cl)nc(Cl)c2)cc1CO. The van der Waals surface area contributed by atoms with Gasteiger partial charge in [-0.2, -0.15) is 0 Å². The van der Waals surface area contributed by atoms with Gasteiger partial charge in [-0.1, -0.05) is 23.2 Å². The van der Waals surface area contributed by atoms with Crippen molar-refractivity contribution in [1.29, 1.82) is 0 Å². The average Bonchev–Trinajstić information content (AvgIpc) is 2.46. The Morgan fingerprint density at radius 3 is 2.52 bits per heavy atom. The quantitative estimate of drug-likeness (QED) is 0.847. The molecule has 0 saturated heterocycles. The Morgan fingerprint density at radius 2 is 1.95 bits per heavy atom. The van der Waals surface area contributed by atoms with Gasteiger partial charge in [0.05, 0.1) is 13.7 Å². The summed E-state index contributed by atoms with van der Waals surface area (Å²) in [5.74, 6) is 0.167. The fourth-order valence-electron chi connectivity index (χ4n) is 1.78. The number of hydrogen-bond donors (Lipinski definition) is 2. The fraction of sp³-hybridized carbons (Fsp3) is 0.143. The van der Waals surface area contributed by atoms with Crippen LogP contribution in [0, 0.1) is 0 Å². The highest BCUT2D eigenvalue weighted by atomic mass is 35.5. The van der Waals surface area contributed by atoms with Crippen LogP contribution in [0.2, 0.25) is 10.3 Å². The topological polar surface area (TPSA) is 71.5 Å². The summed E-state index contributed by atoms with van der Waals surface area (Å²) in [5.41, 5.74) is 1.39. The van der Waals surface area contributed by atoms with Crippen LogP contribution in [-0.4, -0.2) is 23.1 Å². The van der Waals surface area contributed by atoms with Crippen molar-refractivity contribution in [3.63, 3.8) is 0 Å². The van der Waals surface area contributed by atoms with Crippen molar-refractivity contribution in [1.82, 2.24) is 4.98 Å². The number of carbonyl (C=O) groups is 1. The molecule has 2 aromatic rings. The fourth-order valence-corrected chi connectivity index (χ4v) is 2.24. The highest BCUT2D eigenvalue weighted by Gasteiger charge is 2.10. The summed E-state index contributed by atoms with van der Waals surface area (Å²) in [4.78, 5) is 15.9. The Balaban J connectivity index is 2.23. The van der Waals surface area contributed by atoms with Gasteiger partial charge in [0.2, 0.25) is 0 Å². The van der Waals surface area contributed by atoms with E-state index in [1.165, 1.54) is 19.2 Å². The highest BCUT2D eigenvalue weighted by molar-refractivity contribution is 6.33. The molecule has 2 N–H and O–H groups in total. The van der Waals surface area contributed by atoms with Gasteiger partial charge in [0, 0.05) is 16.8 Å². The zero-order valence-corrected chi connectivity index (χ0v) is 12.6. The molecule has 5 nitrogen and oxygen atoms in total. The van der Waals surface area contributed by atoms with E-state index in [1.807, 2.05) is 0 Å². The van der Waals surface area contributed by atoms with Crippen molar-refractivity contribution in [3.8, 4) is 5.75 Å². The van der Waals surface area contributed by atoms with Crippen LogP contribution in [0.25, 0.3) is 0 Å². The Labute approximate surface area is 131 Å². The second kappa shape index (κ2) is 6.76. The molecule has 2 rings (SSSR count). The van der Waals surface area contributed by atoms with E-state index in [-0.39, 0.29) is 22.8 Å². The molecule has 1 aromatic heterocycles. The molecule has 1 amide bonds. The molecule has 21 heavy (non-hydrogen) atoms. The third kappa shape index (κ3) is 3.85. The van der Waals surface area contributed by atoms with Crippen molar-refractivity contribution in [2.24, 2.45) is 0 Å². The van der Waals surface area contributed by atoms with Crippen molar-refractivity contribution < 1.29 is 14.6 Å². The predicted molar refractivity (Wildman–Crippen MR) is 81.1 cm³/mol. The van der Waals surface area contributed by atoms with E-state index >= 15 is 0 Å². The summed E-state index contributed by atoms with van der Waals surface area (Å²) in [7, 11) is 1.51. The van der Waals surface area contributed by atoms with Crippen molar-refractivity contribution in [2.75, 3.05) is 12.4 Å². The molecular formula is C14H12Cl2N2O3. The van der Waals surface area contributed by atoms with Gasteiger partial charge in [0.1, 0.15) is 16.1 Å². The second-order valence-electron chi connectivity index (χ2n) is 4.14. The molecule has 1 aromatic carbocycles. The van der Waals surface area contributed by atoms with E-state index in [0.29, 0.717) is 22.6 Å². The highest BCUT2D eigenvalue weighted by Crippen LogP contribution is 2.23. The normalized spacial score (nSPS) is 10.3. The molecular weight excluding hydrogens is 315 g/mol. The summed E-state index contributed by atoms with van der Waals surface area (Å²) in [6.07, 6.45) is 0. The zero-order chi connectivity index (χ0) is 15.4. The smallest absolute Gasteiger partial charge is 0.255 e. The summed E-state index contributed by atoms with van der Waals surface area (Å²) in [6.45, 7) is -0.195. The summed E-state index contributed by atoms with van der Waals surface area (Å²) >= 11 is 11.5. The minimum absolute atomic E-state index is 0.137. The first-order valence-electron chi connectivity index (χ1n) is 5.95. The molecule has 0 aliphatic heterocycles. The number of aromatic nitrogens is 1. The van der Waals surface area contributed by atoms with Gasteiger partial charge in [0.15, 0.2) is 0 Å². The van der Waals surface area contributed by atoms with E-state index in [2.05, 4.69) is 10.3 Å².